The highest BCUT2D eigenvalue weighted by Crippen LogP contribution is 2.19. The fraction of sp³-hybridized carbons (Fsp3) is 0.500. The molecular weight excluding hydrogens is 536 g/mol. The molecule has 228 valence electrons. The van der Waals surface area contributed by atoms with Gasteiger partial charge in [-0.3, -0.25) is 19.2 Å². The minimum absolute atomic E-state index is 0.0464. The third-order valence-electron chi connectivity index (χ3n) is 6.63. The van der Waals surface area contributed by atoms with Gasteiger partial charge in [-0.05, 0) is 42.4 Å². The summed E-state index contributed by atoms with van der Waals surface area (Å²) in [4.78, 5) is 53.0. The molecule has 1 aliphatic heterocycles. The summed E-state index contributed by atoms with van der Waals surface area (Å²) in [6.07, 6.45) is 3.11. The summed E-state index contributed by atoms with van der Waals surface area (Å²) in [6.45, 7) is 7.42. The Morgan fingerprint density at radius 2 is 1.57 bits per heavy atom. The predicted octanol–water partition coefficient (Wildman–Crippen LogP) is 3.11. The van der Waals surface area contributed by atoms with Gasteiger partial charge in [-0.15, -0.1) is 0 Å². The maximum atomic E-state index is 13.6. The first-order valence-corrected chi connectivity index (χ1v) is 14.6. The van der Waals surface area contributed by atoms with E-state index in [0.717, 1.165) is 31.2 Å². The van der Waals surface area contributed by atoms with Crippen molar-refractivity contribution < 1.29 is 28.7 Å². The first kappa shape index (κ1) is 32.6. The Kier molecular flexibility index (Phi) is 12.8. The van der Waals surface area contributed by atoms with E-state index in [1.165, 1.54) is 0 Å². The maximum Gasteiger partial charge on any atom is 0.255 e. The SMILES string of the molecule is CC(C)(C)CNC(=O)C[C@@H]1NC(=O)c2ccccc2OCCCCCCOC[C@@H](C(=O)NCc2ccccc2)NC1=O. The molecule has 2 aromatic rings. The van der Waals surface area contributed by atoms with Gasteiger partial charge in [0, 0.05) is 19.7 Å². The van der Waals surface area contributed by atoms with Gasteiger partial charge in [-0.1, -0.05) is 69.7 Å². The molecule has 0 bridgehead atoms. The summed E-state index contributed by atoms with van der Waals surface area (Å²) in [5, 5.41) is 11.1. The third kappa shape index (κ3) is 11.5. The average molecular weight is 581 g/mol. The van der Waals surface area contributed by atoms with Crippen LogP contribution in [0.25, 0.3) is 0 Å². The fourth-order valence-corrected chi connectivity index (χ4v) is 4.25. The predicted molar refractivity (Wildman–Crippen MR) is 160 cm³/mol. The molecule has 42 heavy (non-hydrogen) atoms. The lowest BCUT2D eigenvalue weighted by molar-refractivity contribution is -0.132. The fourth-order valence-electron chi connectivity index (χ4n) is 4.25. The quantitative estimate of drug-likeness (QED) is 0.415. The lowest BCUT2D eigenvalue weighted by Gasteiger charge is -2.24. The Balaban J connectivity index is 1.82. The number of rotatable bonds is 6. The highest BCUT2D eigenvalue weighted by molar-refractivity contribution is 6.01. The normalized spacial score (nSPS) is 19.2. The zero-order valence-electron chi connectivity index (χ0n) is 24.9. The van der Waals surface area contributed by atoms with Gasteiger partial charge in [0.15, 0.2) is 0 Å². The molecule has 0 unspecified atom stereocenters. The van der Waals surface area contributed by atoms with Crippen LogP contribution in [0.15, 0.2) is 54.6 Å². The second-order valence-corrected chi connectivity index (χ2v) is 11.7. The summed E-state index contributed by atoms with van der Waals surface area (Å²) >= 11 is 0. The summed E-state index contributed by atoms with van der Waals surface area (Å²) in [5.74, 6) is -1.65. The molecule has 0 saturated carbocycles. The number of nitrogens with one attached hydrogen (secondary N) is 4. The van der Waals surface area contributed by atoms with E-state index >= 15 is 0 Å². The van der Waals surface area contributed by atoms with Crippen LogP contribution in [-0.2, 0) is 25.7 Å². The maximum absolute atomic E-state index is 13.6. The molecule has 4 N–H and O–H groups in total. The van der Waals surface area contributed by atoms with Crippen molar-refractivity contribution in [2.24, 2.45) is 5.41 Å². The Labute approximate surface area is 248 Å². The second-order valence-electron chi connectivity index (χ2n) is 11.7. The molecule has 0 aliphatic carbocycles. The monoisotopic (exact) mass is 580 g/mol. The van der Waals surface area contributed by atoms with Crippen molar-refractivity contribution in [1.29, 1.82) is 0 Å². The number of benzene rings is 2. The van der Waals surface area contributed by atoms with Gasteiger partial charge in [0.05, 0.1) is 25.2 Å². The zero-order chi connectivity index (χ0) is 30.4. The van der Waals surface area contributed by atoms with Crippen molar-refractivity contribution in [3.05, 3.63) is 65.7 Å². The lowest BCUT2D eigenvalue weighted by atomic mass is 9.97. The van der Waals surface area contributed by atoms with Gasteiger partial charge in [-0.2, -0.15) is 0 Å². The van der Waals surface area contributed by atoms with E-state index in [9.17, 15) is 19.2 Å². The smallest absolute Gasteiger partial charge is 0.255 e. The van der Waals surface area contributed by atoms with Gasteiger partial charge >= 0.3 is 0 Å². The van der Waals surface area contributed by atoms with Crippen LogP contribution in [0.3, 0.4) is 0 Å². The molecule has 0 spiro atoms. The van der Waals surface area contributed by atoms with Gasteiger partial charge in [-0.25, -0.2) is 0 Å². The summed E-state index contributed by atoms with van der Waals surface area (Å²) in [7, 11) is 0. The van der Waals surface area contributed by atoms with E-state index in [1.54, 1.807) is 24.3 Å². The number of para-hydroxylation sites is 1. The van der Waals surface area contributed by atoms with Crippen LogP contribution in [0.4, 0.5) is 0 Å². The summed E-state index contributed by atoms with van der Waals surface area (Å²) < 4.78 is 11.7. The molecular formula is C32H44N4O6. The van der Waals surface area contributed by atoms with Crippen LogP contribution in [-0.4, -0.2) is 62.1 Å². The van der Waals surface area contributed by atoms with Gasteiger partial charge in [0.2, 0.25) is 17.7 Å². The topological polar surface area (TPSA) is 135 Å². The van der Waals surface area contributed by atoms with Crippen molar-refractivity contribution >= 4 is 23.6 Å². The standard InChI is InChI=1S/C32H44N4O6/c1-32(2,3)22-34-28(37)19-25-31(40)36-26(30(39)33-20-23-13-7-6-8-14-23)21-41-17-11-4-5-12-18-42-27-16-10-9-15-24(27)29(38)35-25/h6-10,13-16,25-26H,4-5,11-12,17-22H2,1-3H3,(H,33,39)(H,34,37)(H,35,38)(H,36,40)/t25-,26-/m0/s1. The molecule has 1 aliphatic rings. The van der Waals surface area contributed by atoms with Gasteiger partial charge < -0.3 is 30.7 Å². The largest absolute Gasteiger partial charge is 0.493 e. The van der Waals surface area contributed by atoms with Crippen LogP contribution in [0.5, 0.6) is 5.75 Å². The molecule has 2 aromatic carbocycles. The lowest BCUT2D eigenvalue weighted by Crippen LogP contribution is -2.56. The van der Waals surface area contributed by atoms with Crippen molar-refractivity contribution in [3.63, 3.8) is 0 Å². The summed E-state index contributed by atoms with van der Waals surface area (Å²) in [5.41, 5.74) is 0.995. The van der Waals surface area contributed by atoms with Crippen LogP contribution < -0.4 is 26.0 Å². The number of fused-ring (bicyclic) bond motifs is 1. The number of carbonyl (C=O) groups is 4. The first-order chi connectivity index (χ1) is 20.1. The van der Waals surface area contributed by atoms with E-state index in [0.29, 0.717) is 25.5 Å². The van der Waals surface area contributed by atoms with Crippen molar-refractivity contribution in [3.8, 4) is 5.75 Å². The first-order valence-electron chi connectivity index (χ1n) is 14.6. The zero-order valence-corrected chi connectivity index (χ0v) is 24.9. The van der Waals surface area contributed by atoms with Crippen LogP contribution in [0, 0.1) is 5.41 Å². The van der Waals surface area contributed by atoms with Crippen LogP contribution >= 0.6 is 0 Å². The Bertz CT molecular complexity index is 1180. The molecule has 0 fully saturated rings. The van der Waals surface area contributed by atoms with E-state index in [-0.39, 0.29) is 30.6 Å². The summed E-state index contributed by atoms with van der Waals surface area (Å²) in [6, 6.07) is 13.9. The highest BCUT2D eigenvalue weighted by Gasteiger charge is 2.30. The minimum Gasteiger partial charge on any atom is -0.493 e. The van der Waals surface area contributed by atoms with Crippen molar-refractivity contribution in [2.75, 3.05) is 26.4 Å². The van der Waals surface area contributed by atoms with Crippen molar-refractivity contribution in [2.45, 2.75) is 71.5 Å². The molecule has 0 aromatic heterocycles. The number of hydrogen-bond acceptors (Lipinski definition) is 6. The number of carbonyl (C=O) groups excluding carboxylic acids is 4. The number of hydrogen-bond donors (Lipinski definition) is 4. The number of ether oxygens (including phenoxy) is 2. The van der Waals surface area contributed by atoms with Gasteiger partial charge in [0.1, 0.15) is 17.8 Å². The van der Waals surface area contributed by atoms with E-state index in [1.807, 2.05) is 51.1 Å². The van der Waals surface area contributed by atoms with Crippen molar-refractivity contribution in [1.82, 2.24) is 21.3 Å². The molecule has 1 heterocycles. The molecule has 4 amide bonds. The number of amides is 4. The minimum atomic E-state index is -1.24. The van der Waals surface area contributed by atoms with Crippen LogP contribution in [0.2, 0.25) is 0 Å². The van der Waals surface area contributed by atoms with E-state index < -0.39 is 35.7 Å². The third-order valence-corrected chi connectivity index (χ3v) is 6.63. The molecule has 10 nitrogen and oxygen atoms in total. The molecule has 0 saturated heterocycles. The molecule has 2 atom stereocenters. The second kappa shape index (κ2) is 16.5. The van der Waals surface area contributed by atoms with E-state index in [2.05, 4.69) is 21.3 Å². The highest BCUT2D eigenvalue weighted by atomic mass is 16.5. The Hall–Kier alpha value is -3.92. The molecule has 0 radical (unpaired) electrons. The Morgan fingerprint density at radius 3 is 2.31 bits per heavy atom. The van der Waals surface area contributed by atoms with E-state index in [4.69, 9.17) is 9.47 Å². The van der Waals surface area contributed by atoms with Crippen LogP contribution in [0.1, 0.15) is 68.8 Å². The molecule has 3 rings (SSSR count). The van der Waals surface area contributed by atoms with Gasteiger partial charge in [0.25, 0.3) is 5.91 Å². The average Bonchev–Trinajstić information content (AvgIpc) is 2.97. The molecule has 10 heteroatoms. The Morgan fingerprint density at radius 1 is 0.881 bits per heavy atom.